The summed E-state index contributed by atoms with van der Waals surface area (Å²) < 4.78 is 1.74. The second-order valence-corrected chi connectivity index (χ2v) is 7.09. The summed E-state index contributed by atoms with van der Waals surface area (Å²) in [4.78, 5) is 12.5. The van der Waals surface area contributed by atoms with Crippen molar-refractivity contribution in [3.63, 3.8) is 0 Å². The van der Waals surface area contributed by atoms with Crippen LogP contribution in [0.4, 0.5) is 0 Å². The molecular weight excluding hydrogens is 302 g/mol. The normalized spacial score (nSPS) is 25.6. The fourth-order valence-corrected chi connectivity index (χ4v) is 4.32. The molecule has 0 unspecified atom stereocenters. The van der Waals surface area contributed by atoms with Gasteiger partial charge in [0.15, 0.2) is 0 Å². The van der Waals surface area contributed by atoms with E-state index in [0.717, 1.165) is 29.3 Å². The van der Waals surface area contributed by atoms with Gasteiger partial charge in [0.05, 0.1) is 6.54 Å². The van der Waals surface area contributed by atoms with Gasteiger partial charge in [0.1, 0.15) is 5.82 Å². The van der Waals surface area contributed by atoms with Crippen LogP contribution in [0.5, 0.6) is 0 Å². The van der Waals surface area contributed by atoms with E-state index in [1.165, 1.54) is 25.7 Å². The van der Waals surface area contributed by atoms with Gasteiger partial charge in [0, 0.05) is 11.6 Å². The molecule has 0 saturated heterocycles. The minimum atomic E-state index is 0.0534. The minimum Gasteiger partial charge on any atom is -0.349 e. The van der Waals surface area contributed by atoms with Crippen molar-refractivity contribution < 1.29 is 4.79 Å². The van der Waals surface area contributed by atoms with E-state index in [9.17, 15) is 4.79 Å². The Kier molecular flexibility index (Phi) is 4.04. The maximum absolute atomic E-state index is 12.5. The Morgan fingerprint density at radius 2 is 2.04 bits per heavy atom. The zero-order valence-corrected chi connectivity index (χ0v) is 14.0. The van der Waals surface area contributed by atoms with Gasteiger partial charge in [-0.05, 0) is 66.1 Å². The summed E-state index contributed by atoms with van der Waals surface area (Å²) in [5.74, 6) is 2.38. The van der Waals surface area contributed by atoms with Crippen LogP contribution in [0.2, 0.25) is 0 Å². The van der Waals surface area contributed by atoms with Gasteiger partial charge in [-0.25, -0.2) is 4.68 Å². The molecule has 2 saturated carbocycles. The lowest BCUT2D eigenvalue weighted by molar-refractivity contribution is 0.0926. The lowest BCUT2D eigenvalue weighted by atomic mass is 9.97. The lowest BCUT2D eigenvalue weighted by Gasteiger charge is -2.20. The third kappa shape index (κ3) is 2.92. The number of aromatic nitrogens is 4. The summed E-state index contributed by atoms with van der Waals surface area (Å²) >= 11 is 0. The number of nitrogens with zero attached hydrogens (tertiary/aromatic N) is 4. The third-order valence-corrected chi connectivity index (χ3v) is 5.66. The summed E-state index contributed by atoms with van der Waals surface area (Å²) in [7, 11) is 0. The van der Waals surface area contributed by atoms with E-state index in [1.54, 1.807) is 4.68 Å². The quantitative estimate of drug-likeness (QED) is 0.936. The summed E-state index contributed by atoms with van der Waals surface area (Å²) in [6.45, 7) is 2.49. The van der Waals surface area contributed by atoms with Crippen LogP contribution in [0.15, 0.2) is 24.3 Å². The zero-order valence-electron chi connectivity index (χ0n) is 14.0. The van der Waals surface area contributed by atoms with E-state index in [1.807, 2.05) is 31.2 Å². The molecule has 2 aliphatic rings. The maximum atomic E-state index is 12.5. The molecule has 2 aromatic rings. The van der Waals surface area contributed by atoms with Crippen LogP contribution in [0.1, 0.15) is 53.8 Å². The predicted octanol–water partition coefficient (Wildman–Crippen LogP) is 2.34. The van der Waals surface area contributed by atoms with Crippen LogP contribution in [-0.4, -0.2) is 32.2 Å². The van der Waals surface area contributed by atoms with E-state index < -0.39 is 0 Å². The molecule has 4 rings (SSSR count). The summed E-state index contributed by atoms with van der Waals surface area (Å²) in [5.41, 5.74) is 1.81. The number of carbonyl (C=O) groups excluding carboxylic acids is 1. The number of hydrogen-bond donors (Lipinski definition) is 1. The van der Waals surface area contributed by atoms with Crippen molar-refractivity contribution in [3.8, 4) is 0 Å². The Hall–Kier alpha value is -2.24. The Bertz CT molecular complexity index is 723. The van der Waals surface area contributed by atoms with Gasteiger partial charge in [-0.2, -0.15) is 0 Å². The Balaban J connectivity index is 1.39. The molecule has 0 spiro atoms. The summed E-state index contributed by atoms with van der Waals surface area (Å²) in [6, 6.07) is 8.11. The summed E-state index contributed by atoms with van der Waals surface area (Å²) in [5, 5.41) is 14.7. The van der Waals surface area contributed by atoms with E-state index in [2.05, 4.69) is 20.8 Å². The van der Waals surface area contributed by atoms with Crippen LogP contribution in [0.3, 0.4) is 0 Å². The second kappa shape index (κ2) is 6.34. The van der Waals surface area contributed by atoms with Gasteiger partial charge in [-0.15, -0.1) is 5.10 Å². The Labute approximate surface area is 141 Å². The monoisotopic (exact) mass is 325 g/mol. The van der Waals surface area contributed by atoms with Gasteiger partial charge >= 0.3 is 0 Å². The number of aryl methyl sites for hydroxylation is 1. The number of nitrogens with one attached hydrogen (secondary N) is 1. The van der Waals surface area contributed by atoms with Gasteiger partial charge in [0.25, 0.3) is 5.91 Å². The zero-order chi connectivity index (χ0) is 16.5. The van der Waals surface area contributed by atoms with E-state index in [-0.39, 0.29) is 5.91 Å². The van der Waals surface area contributed by atoms with Crippen molar-refractivity contribution in [2.45, 2.75) is 51.6 Å². The molecule has 2 fully saturated rings. The molecule has 1 aromatic heterocycles. The summed E-state index contributed by atoms with van der Waals surface area (Å²) in [6.07, 6.45) is 6.37. The number of benzene rings is 1. The first-order valence-corrected chi connectivity index (χ1v) is 8.83. The molecule has 1 amide bonds. The van der Waals surface area contributed by atoms with Gasteiger partial charge in [0.2, 0.25) is 0 Å². The van der Waals surface area contributed by atoms with Gasteiger partial charge in [-0.3, -0.25) is 4.79 Å². The van der Waals surface area contributed by atoms with E-state index in [4.69, 9.17) is 0 Å². The highest BCUT2D eigenvalue weighted by Crippen LogP contribution is 2.44. The van der Waals surface area contributed by atoms with E-state index in [0.29, 0.717) is 18.5 Å². The highest BCUT2D eigenvalue weighted by Gasteiger charge is 2.39. The highest BCUT2D eigenvalue weighted by molar-refractivity contribution is 5.94. The van der Waals surface area contributed by atoms with Crippen molar-refractivity contribution in [2.24, 2.45) is 11.8 Å². The van der Waals surface area contributed by atoms with Gasteiger partial charge < -0.3 is 5.32 Å². The largest absolute Gasteiger partial charge is 0.349 e. The first kappa shape index (κ1) is 15.3. The molecule has 126 valence electrons. The Morgan fingerprint density at radius 1 is 1.21 bits per heavy atom. The van der Waals surface area contributed by atoms with Gasteiger partial charge in [-0.1, -0.05) is 25.0 Å². The molecule has 0 aliphatic heterocycles. The number of rotatable bonds is 4. The second-order valence-electron chi connectivity index (χ2n) is 7.09. The first-order chi connectivity index (χ1) is 11.7. The molecule has 2 aliphatic carbocycles. The molecule has 6 nitrogen and oxygen atoms in total. The number of fused-ring (bicyclic) bond motifs is 1. The fraction of sp³-hybridized carbons (Fsp3) is 0.556. The maximum Gasteiger partial charge on any atom is 0.251 e. The van der Waals surface area contributed by atoms with Crippen molar-refractivity contribution in [1.82, 2.24) is 25.5 Å². The Morgan fingerprint density at radius 3 is 2.79 bits per heavy atom. The molecular formula is C18H23N5O. The van der Waals surface area contributed by atoms with Crippen molar-refractivity contribution in [2.75, 3.05) is 0 Å². The van der Waals surface area contributed by atoms with Crippen molar-refractivity contribution in [1.29, 1.82) is 0 Å². The SMILES string of the molecule is Cc1nnnn1Cc1ccc(C(=O)N[C@@H]2CC[C@H]3CCC[C@H]32)cc1. The van der Waals surface area contributed by atoms with E-state index >= 15 is 0 Å². The molecule has 6 heteroatoms. The number of hydrogen-bond acceptors (Lipinski definition) is 4. The van der Waals surface area contributed by atoms with Crippen LogP contribution in [0.25, 0.3) is 0 Å². The van der Waals surface area contributed by atoms with Crippen LogP contribution in [-0.2, 0) is 6.54 Å². The molecule has 0 radical (unpaired) electrons. The first-order valence-electron chi connectivity index (χ1n) is 8.83. The standard InChI is InChI=1S/C18H23N5O/c1-12-20-21-22-23(12)11-13-5-7-15(8-6-13)18(24)19-17-10-9-14-3-2-4-16(14)17/h5-8,14,16-17H,2-4,9-11H2,1H3,(H,19,24)/t14-,16-,17-/m1/s1. The smallest absolute Gasteiger partial charge is 0.251 e. The van der Waals surface area contributed by atoms with Crippen LogP contribution in [0, 0.1) is 18.8 Å². The number of tetrazole rings is 1. The minimum absolute atomic E-state index is 0.0534. The molecule has 3 atom stereocenters. The predicted molar refractivity (Wildman–Crippen MR) is 89.4 cm³/mol. The molecule has 1 aromatic carbocycles. The van der Waals surface area contributed by atoms with Crippen LogP contribution < -0.4 is 5.32 Å². The van der Waals surface area contributed by atoms with Crippen molar-refractivity contribution >= 4 is 5.91 Å². The topological polar surface area (TPSA) is 72.7 Å². The van der Waals surface area contributed by atoms with Crippen molar-refractivity contribution in [3.05, 3.63) is 41.2 Å². The molecule has 0 bridgehead atoms. The average Bonchev–Trinajstić information content (AvgIpc) is 3.28. The molecule has 24 heavy (non-hydrogen) atoms. The fourth-order valence-electron chi connectivity index (χ4n) is 4.32. The third-order valence-electron chi connectivity index (χ3n) is 5.66. The number of carbonyl (C=O) groups is 1. The number of amides is 1. The highest BCUT2D eigenvalue weighted by atomic mass is 16.1. The lowest BCUT2D eigenvalue weighted by Crippen LogP contribution is -2.37. The average molecular weight is 325 g/mol. The van der Waals surface area contributed by atoms with Crippen LogP contribution >= 0.6 is 0 Å². The molecule has 1 heterocycles. The molecule has 1 N–H and O–H groups in total.